The second-order valence-corrected chi connectivity index (χ2v) is 10.7. The topological polar surface area (TPSA) is 44.8 Å². The van der Waals surface area contributed by atoms with Crippen molar-refractivity contribution in [1.82, 2.24) is 10.2 Å². The molecule has 1 aromatic heterocycles. The van der Waals surface area contributed by atoms with Gasteiger partial charge in [-0.3, -0.25) is 4.79 Å². The van der Waals surface area contributed by atoms with Gasteiger partial charge in [0.1, 0.15) is 5.75 Å². The number of likely N-dealkylation sites (tertiary alicyclic amines) is 1. The van der Waals surface area contributed by atoms with Crippen LogP contribution < -0.4 is 15.0 Å². The molecule has 192 valence electrons. The van der Waals surface area contributed by atoms with E-state index in [1.165, 1.54) is 11.3 Å². The number of aryl methyl sites for hydroxylation is 1. The van der Waals surface area contributed by atoms with Crippen LogP contribution in [0.1, 0.15) is 47.7 Å². The van der Waals surface area contributed by atoms with E-state index in [-0.39, 0.29) is 5.91 Å². The average Bonchev–Trinajstić information content (AvgIpc) is 3.41. The first kappa shape index (κ1) is 26.5. The summed E-state index contributed by atoms with van der Waals surface area (Å²) in [6.07, 6.45) is 3.15. The number of carbonyl (C=O) groups is 1. The smallest absolute Gasteiger partial charge is 0.253 e. The van der Waals surface area contributed by atoms with Crippen molar-refractivity contribution in [3.05, 3.63) is 81.0 Å². The minimum atomic E-state index is -0.0902. The molecule has 4 rings (SSSR count). The highest BCUT2D eigenvalue weighted by Crippen LogP contribution is 2.29. The van der Waals surface area contributed by atoms with Crippen LogP contribution in [0.25, 0.3) is 0 Å². The van der Waals surface area contributed by atoms with Crippen molar-refractivity contribution >= 4 is 34.5 Å². The largest absolute Gasteiger partial charge is 0.497 e. The van der Waals surface area contributed by atoms with Gasteiger partial charge in [0.05, 0.1) is 17.7 Å². The monoisotopic (exact) mass is 525 g/mol. The number of anilines is 1. The van der Waals surface area contributed by atoms with Crippen LogP contribution in [0, 0.1) is 6.92 Å². The molecule has 1 unspecified atom stereocenters. The summed E-state index contributed by atoms with van der Waals surface area (Å²) in [5.41, 5.74) is 4.08. The molecule has 0 aliphatic carbocycles. The van der Waals surface area contributed by atoms with Crippen molar-refractivity contribution in [1.29, 1.82) is 0 Å². The molecule has 0 saturated carbocycles. The Morgan fingerprint density at radius 2 is 1.94 bits per heavy atom. The van der Waals surface area contributed by atoms with E-state index >= 15 is 0 Å². The minimum Gasteiger partial charge on any atom is -0.497 e. The van der Waals surface area contributed by atoms with E-state index in [1.54, 1.807) is 24.5 Å². The Hall–Kier alpha value is -2.54. The number of amides is 1. The lowest BCUT2D eigenvalue weighted by Crippen LogP contribution is -2.48. The summed E-state index contributed by atoms with van der Waals surface area (Å²) in [4.78, 5) is 17.8. The van der Waals surface area contributed by atoms with E-state index in [9.17, 15) is 4.79 Å². The number of hydrogen-bond acceptors (Lipinski definition) is 5. The molecule has 2 heterocycles. The normalized spacial score (nSPS) is 15.4. The third-order valence-corrected chi connectivity index (χ3v) is 8.24. The Balaban J connectivity index is 1.31. The Labute approximate surface area is 224 Å². The van der Waals surface area contributed by atoms with Crippen LogP contribution in [0.5, 0.6) is 5.75 Å². The number of rotatable bonds is 10. The first-order chi connectivity index (χ1) is 17.5. The number of halogens is 1. The maximum atomic E-state index is 12.6. The number of nitrogens with one attached hydrogen (secondary N) is 1. The van der Waals surface area contributed by atoms with Crippen LogP contribution in [0.3, 0.4) is 0 Å². The van der Waals surface area contributed by atoms with Crippen LogP contribution in [0.2, 0.25) is 5.02 Å². The van der Waals surface area contributed by atoms with E-state index in [0.29, 0.717) is 29.2 Å². The number of hydrogen-bond donors (Lipinski definition) is 1. The molecule has 1 amide bonds. The molecule has 1 aliphatic rings. The molecule has 5 nitrogen and oxygen atoms in total. The van der Waals surface area contributed by atoms with E-state index in [1.807, 2.05) is 31.2 Å². The fraction of sp³-hybridized carbons (Fsp3) is 0.414. The molecule has 0 spiro atoms. The Morgan fingerprint density at radius 3 is 2.58 bits per heavy atom. The zero-order chi connectivity index (χ0) is 25.5. The Bertz CT molecular complexity index is 1090. The highest BCUT2D eigenvalue weighted by Gasteiger charge is 2.27. The average molecular weight is 526 g/mol. The standard InChI is InChI=1S/C29H36ClN3O2S/c1-21-5-4-6-27(30)28(21)29(34)31-15-11-22(2)32-16-12-25(13-17-32)33(19-23-14-18-36-20-23)24-7-9-26(35-3)10-8-24/h4-10,14,18,20,22,25H,11-13,15-17,19H2,1-3H3,(H,31,34). The zero-order valence-electron chi connectivity index (χ0n) is 21.4. The van der Waals surface area contributed by atoms with Gasteiger partial charge < -0.3 is 19.9 Å². The number of nitrogens with zero attached hydrogens (tertiary/aromatic N) is 2. The van der Waals surface area contributed by atoms with Gasteiger partial charge in [-0.1, -0.05) is 23.7 Å². The lowest BCUT2D eigenvalue weighted by atomic mass is 9.99. The fourth-order valence-electron chi connectivity index (χ4n) is 5.01. The van der Waals surface area contributed by atoms with Gasteiger partial charge in [0.25, 0.3) is 5.91 Å². The Morgan fingerprint density at radius 1 is 1.19 bits per heavy atom. The predicted octanol–water partition coefficient (Wildman–Crippen LogP) is 6.40. The van der Waals surface area contributed by atoms with E-state index in [2.05, 4.69) is 51.0 Å². The number of piperidine rings is 1. The van der Waals surface area contributed by atoms with Crippen LogP contribution in [-0.2, 0) is 6.54 Å². The number of benzene rings is 2. The summed E-state index contributed by atoms with van der Waals surface area (Å²) in [5.74, 6) is 0.794. The first-order valence-electron chi connectivity index (χ1n) is 12.7. The maximum Gasteiger partial charge on any atom is 0.253 e. The molecule has 0 radical (unpaired) electrons. The van der Waals surface area contributed by atoms with Crippen molar-refractivity contribution < 1.29 is 9.53 Å². The van der Waals surface area contributed by atoms with Gasteiger partial charge in [0.2, 0.25) is 0 Å². The number of ether oxygens (including phenoxy) is 1. The summed E-state index contributed by atoms with van der Waals surface area (Å²) < 4.78 is 5.37. The molecular weight excluding hydrogens is 490 g/mol. The molecule has 1 fully saturated rings. The second-order valence-electron chi connectivity index (χ2n) is 9.55. The third kappa shape index (κ3) is 6.61. The van der Waals surface area contributed by atoms with Gasteiger partial charge in [-0.05, 0) is 91.4 Å². The van der Waals surface area contributed by atoms with Gasteiger partial charge in [-0.2, -0.15) is 11.3 Å². The minimum absolute atomic E-state index is 0.0902. The van der Waals surface area contributed by atoms with Gasteiger partial charge in [-0.15, -0.1) is 0 Å². The third-order valence-electron chi connectivity index (χ3n) is 7.20. The Kier molecular flexibility index (Phi) is 9.30. The predicted molar refractivity (Wildman–Crippen MR) is 151 cm³/mol. The molecule has 0 bridgehead atoms. The van der Waals surface area contributed by atoms with Gasteiger partial charge in [0.15, 0.2) is 0 Å². The summed E-state index contributed by atoms with van der Waals surface area (Å²) >= 11 is 8.00. The van der Waals surface area contributed by atoms with E-state index in [0.717, 1.165) is 50.2 Å². The first-order valence-corrected chi connectivity index (χ1v) is 14.0. The van der Waals surface area contributed by atoms with Crippen LogP contribution >= 0.6 is 22.9 Å². The van der Waals surface area contributed by atoms with Gasteiger partial charge in [0, 0.05) is 44.0 Å². The van der Waals surface area contributed by atoms with Crippen molar-refractivity contribution in [2.45, 2.75) is 51.7 Å². The molecule has 7 heteroatoms. The summed E-state index contributed by atoms with van der Waals surface area (Å²) in [6.45, 7) is 7.85. The number of methoxy groups -OCH3 is 1. The van der Waals surface area contributed by atoms with Crippen molar-refractivity contribution in [2.75, 3.05) is 31.6 Å². The molecule has 1 saturated heterocycles. The second kappa shape index (κ2) is 12.6. The summed E-state index contributed by atoms with van der Waals surface area (Å²) in [5, 5.41) is 7.96. The SMILES string of the molecule is COc1ccc(N(Cc2ccsc2)C2CCN(C(C)CCNC(=O)c3c(C)cccc3Cl)CC2)cc1. The molecular formula is C29H36ClN3O2S. The maximum absolute atomic E-state index is 12.6. The lowest BCUT2D eigenvalue weighted by molar-refractivity contribution is 0.0944. The lowest BCUT2D eigenvalue weighted by Gasteiger charge is -2.42. The molecule has 1 N–H and O–H groups in total. The zero-order valence-corrected chi connectivity index (χ0v) is 22.9. The molecule has 2 aromatic carbocycles. The molecule has 36 heavy (non-hydrogen) atoms. The number of thiophene rings is 1. The molecule has 1 atom stereocenters. The van der Waals surface area contributed by atoms with E-state index in [4.69, 9.17) is 16.3 Å². The van der Waals surface area contributed by atoms with Crippen molar-refractivity contribution in [2.24, 2.45) is 0 Å². The summed E-state index contributed by atoms with van der Waals surface area (Å²) in [7, 11) is 1.71. The highest BCUT2D eigenvalue weighted by atomic mass is 35.5. The van der Waals surface area contributed by atoms with Gasteiger partial charge in [-0.25, -0.2) is 0 Å². The quantitative estimate of drug-likeness (QED) is 0.333. The highest BCUT2D eigenvalue weighted by molar-refractivity contribution is 7.07. The van der Waals surface area contributed by atoms with Crippen molar-refractivity contribution in [3.8, 4) is 5.75 Å². The van der Waals surface area contributed by atoms with Crippen LogP contribution in [0.15, 0.2) is 59.3 Å². The molecule has 1 aliphatic heterocycles. The van der Waals surface area contributed by atoms with E-state index < -0.39 is 0 Å². The van der Waals surface area contributed by atoms with Crippen LogP contribution in [0.4, 0.5) is 5.69 Å². The van der Waals surface area contributed by atoms with Crippen LogP contribution in [-0.4, -0.2) is 49.6 Å². The number of carbonyl (C=O) groups excluding carboxylic acids is 1. The van der Waals surface area contributed by atoms with Crippen molar-refractivity contribution in [3.63, 3.8) is 0 Å². The van der Waals surface area contributed by atoms with Gasteiger partial charge >= 0.3 is 0 Å². The molecule has 3 aromatic rings. The summed E-state index contributed by atoms with van der Waals surface area (Å²) in [6, 6.07) is 17.1. The fourth-order valence-corrected chi connectivity index (χ4v) is 5.97.